The van der Waals surface area contributed by atoms with Crippen molar-refractivity contribution in [3.05, 3.63) is 58.9 Å². The summed E-state index contributed by atoms with van der Waals surface area (Å²) in [7, 11) is 3.05. The van der Waals surface area contributed by atoms with Gasteiger partial charge >= 0.3 is 0 Å². The molecular formula is C29H33N5O8. The molecule has 2 atom stereocenters. The Kier molecular flexibility index (Phi) is 8.74. The number of hydrogen-bond acceptors (Lipinski definition) is 10. The van der Waals surface area contributed by atoms with Crippen LogP contribution in [0.3, 0.4) is 0 Å². The van der Waals surface area contributed by atoms with Crippen LogP contribution in [0.5, 0.6) is 23.0 Å². The molecule has 8 rings (SSSR count). The number of benzene rings is 2. The second kappa shape index (κ2) is 12.8. The summed E-state index contributed by atoms with van der Waals surface area (Å²) in [6.07, 6.45) is 0.220. The Morgan fingerprint density at radius 2 is 1.86 bits per heavy atom. The molecule has 2 N–H and O–H groups in total. The first-order valence-electron chi connectivity index (χ1n) is 13.6. The molecular weight excluding hydrogens is 546 g/mol. The Morgan fingerprint density at radius 1 is 1.02 bits per heavy atom. The van der Waals surface area contributed by atoms with E-state index < -0.39 is 12.1 Å². The summed E-state index contributed by atoms with van der Waals surface area (Å²) in [5, 5.41) is 13.4. The van der Waals surface area contributed by atoms with Gasteiger partial charge in [0.2, 0.25) is 11.8 Å². The molecule has 6 heterocycles. The van der Waals surface area contributed by atoms with Gasteiger partial charge < -0.3 is 34.5 Å². The number of ether oxygens (including phenoxy) is 4. The smallest absolute Gasteiger partial charge is 0.258 e. The van der Waals surface area contributed by atoms with E-state index in [9.17, 15) is 14.4 Å². The van der Waals surface area contributed by atoms with Crippen LogP contribution in [0.2, 0.25) is 0 Å². The zero-order valence-corrected chi connectivity index (χ0v) is 23.7. The van der Waals surface area contributed by atoms with Crippen molar-refractivity contribution in [1.29, 1.82) is 0 Å². The monoisotopic (exact) mass is 579 g/mol. The van der Waals surface area contributed by atoms with Crippen molar-refractivity contribution in [1.82, 2.24) is 25.8 Å². The van der Waals surface area contributed by atoms with Crippen LogP contribution in [0, 0.1) is 6.92 Å². The molecule has 13 nitrogen and oxygen atoms in total. The summed E-state index contributed by atoms with van der Waals surface area (Å²) in [5.41, 5.74) is 2.66. The van der Waals surface area contributed by atoms with E-state index in [2.05, 4.69) is 20.9 Å². The summed E-state index contributed by atoms with van der Waals surface area (Å²) in [4.78, 5) is 40.3. The maximum absolute atomic E-state index is 13.1. The van der Waals surface area contributed by atoms with E-state index in [-0.39, 0.29) is 56.8 Å². The minimum absolute atomic E-state index is 0.00978. The number of rotatable bonds is 4. The molecule has 2 aromatic carbocycles. The summed E-state index contributed by atoms with van der Waals surface area (Å²) >= 11 is 0. The number of methoxy groups -OCH3 is 2. The summed E-state index contributed by atoms with van der Waals surface area (Å²) < 4.78 is 27.8. The molecule has 0 saturated carbocycles. The van der Waals surface area contributed by atoms with Crippen molar-refractivity contribution in [3.63, 3.8) is 0 Å². The van der Waals surface area contributed by atoms with E-state index in [1.165, 1.54) is 7.11 Å². The van der Waals surface area contributed by atoms with E-state index in [0.717, 1.165) is 11.1 Å². The van der Waals surface area contributed by atoms with Crippen molar-refractivity contribution < 1.29 is 38.0 Å². The molecule has 4 bridgehead atoms. The topological polar surface area (TPSA) is 154 Å². The van der Waals surface area contributed by atoms with Gasteiger partial charge in [0.05, 0.1) is 33.2 Å². The van der Waals surface area contributed by atoms with Crippen LogP contribution in [-0.4, -0.2) is 79.0 Å². The van der Waals surface area contributed by atoms with E-state index in [1.807, 2.05) is 12.1 Å². The van der Waals surface area contributed by atoms with E-state index in [0.29, 0.717) is 40.8 Å². The lowest BCUT2D eigenvalue weighted by molar-refractivity contribution is -0.130. The van der Waals surface area contributed by atoms with Gasteiger partial charge in [-0.15, -0.1) is 0 Å². The Morgan fingerprint density at radius 3 is 2.62 bits per heavy atom. The number of nitrogens with zero attached hydrogens (tertiary/aromatic N) is 3. The van der Waals surface area contributed by atoms with Crippen LogP contribution in [0.25, 0.3) is 0 Å². The van der Waals surface area contributed by atoms with Gasteiger partial charge in [-0.05, 0) is 43.2 Å². The second-order valence-electron chi connectivity index (χ2n) is 10.1. The average molecular weight is 580 g/mol. The molecule has 1 aromatic heterocycles. The fraction of sp³-hybridized carbons (Fsp3) is 0.414. The predicted molar refractivity (Wildman–Crippen MR) is 147 cm³/mol. The molecule has 1 fully saturated rings. The van der Waals surface area contributed by atoms with E-state index >= 15 is 0 Å². The summed E-state index contributed by atoms with van der Waals surface area (Å²) in [6, 6.07) is 10.1. The zero-order valence-electron chi connectivity index (χ0n) is 23.7. The molecule has 222 valence electrons. The van der Waals surface area contributed by atoms with Crippen molar-refractivity contribution in [2.75, 3.05) is 33.9 Å². The van der Waals surface area contributed by atoms with Crippen molar-refractivity contribution in [2.24, 2.45) is 0 Å². The van der Waals surface area contributed by atoms with Crippen molar-refractivity contribution in [3.8, 4) is 23.0 Å². The van der Waals surface area contributed by atoms with Crippen molar-refractivity contribution in [2.45, 2.75) is 44.9 Å². The van der Waals surface area contributed by atoms with E-state index in [4.69, 9.17) is 23.6 Å². The lowest BCUT2D eigenvalue weighted by atomic mass is 10.1. The third kappa shape index (κ3) is 6.73. The Bertz CT molecular complexity index is 1460. The molecule has 0 radical (unpaired) electrons. The second-order valence-corrected chi connectivity index (χ2v) is 10.1. The van der Waals surface area contributed by atoms with Crippen LogP contribution in [0.15, 0.2) is 41.0 Å². The fourth-order valence-corrected chi connectivity index (χ4v) is 4.94. The maximum atomic E-state index is 13.1. The molecule has 0 aliphatic carbocycles. The highest BCUT2D eigenvalue weighted by molar-refractivity contribution is 5.80. The molecule has 0 spiro atoms. The SMILES string of the molecule is COc1cc2ccc1CNC(=O)CCc1ccc(c(OC)c1)OCC(=O)N[C@@H]1CN(C(=O)Cc3nonc3C)C[C@H]1O2. The normalized spacial score (nSPS) is 19.3. The van der Waals surface area contributed by atoms with Crippen LogP contribution in [-0.2, 0) is 33.8 Å². The molecule has 5 aliphatic heterocycles. The van der Waals surface area contributed by atoms with Gasteiger partial charge in [0.25, 0.3) is 5.91 Å². The van der Waals surface area contributed by atoms with Gasteiger partial charge in [0.15, 0.2) is 18.1 Å². The standard InChI is InChI=1S/C29H33N5O8/c1-17-21(33-42-32-17)12-29(37)34-14-22-26(15-34)41-20-7-6-19(24(11-20)38-2)13-30-27(35)9-5-18-4-8-23(25(10-18)39-3)40-16-28(36)31-22/h4,6-8,10-11,22,26H,5,9,12-16H2,1-3H3,(H,30,35)(H,31,36)/t22-,26-/m1/s1. The van der Waals surface area contributed by atoms with Crippen LogP contribution in [0.1, 0.15) is 28.9 Å². The third-order valence-corrected chi connectivity index (χ3v) is 7.28. The number of aromatic nitrogens is 2. The maximum Gasteiger partial charge on any atom is 0.258 e. The molecule has 13 heteroatoms. The largest absolute Gasteiger partial charge is 0.496 e. The van der Waals surface area contributed by atoms with Gasteiger partial charge in [-0.25, -0.2) is 4.63 Å². The highest BCUT2D eigenvalue weighted by Gasteiger charge is 2.38. The van der Waals surface area contributed by atoms with Crippen LogP contribution in [0.4, 0.5) is 0 Å². The first-order valence-corrected chi connectivity index (χ1v) is 13.6. The number of amides is 3. The number of nitrogens with one attached hydrogen (secondary N) is 2. The van der Waals surface area contributed by atoms with E-state index in [1.54, 1.807) is 43.2 Å². The highest BCUT2D eigenvalue weighted by Crippen LogP contribution is 2.30. The Hall–Kier alpha value is -4.81. The number of likely N-dealkylation sites (tertiary alicyclic amines) is 1. The average Bonchev–Trinajstić information content (AvgIpc) is 3.58. The first kappa shape index (κ1) is 28.7. The lowest BCUT2D eigenvalue weighted by Gasteiger charge is -2.22. The number of hydrogen-bond donors (Lipinski definition) is 2. The Labute approximate surface area is 242 Å². The first-order chi connectivity index (χ1) is 20.3. The van der Waals surface area contributed by atoms with Crippen LogP contribution >= 0.6 is 0 Å². The number of aryl methyl sites for hydroxylation is 2. The van der Waals surface area contributed by atoms with Gasteiger partial charge in [-0.1, -0.05) is 16.4 Å². The fourth-order valence-electron chi connectivity index (χ4n) is 4.94. The van der Waals surface area contributed by atoms with Gasteiger partial charge in [0, 0.05) is 31.1 Å². The van der Waals surface area contributed by atoms with Gasteiger partial charge in [0.1, 0.15) is 29.0 Å². The van der Waals surface area contributed by atoms with Crippen LogP contribution < -0.4 is 29.6 Å². The molecule has 5 aliphatic rings. The van der Waals surface area contributed by atoms with Gasteiger partial charge in [-0.3, -0.25) is 14.4 Å². The summed E-state index contributed by atoms with van der Waals surface area (Å²) in [5.74, 6) is 1.19. The lowest BCUT2D eigenvalue weighted by Crippen LogP contribution is -2.47. The number of carbonyl (C=O) groups excluding carboxylic acids is 3. The molecule has 0 unspecified atom stereocenters. The minimum Gasteiger partial charge on any atom is -0.496 e. The molecule has 3 amide bonds. The molecule has 1 saturated heterocycles. The van der Waals surface area contributed by atoms with Gasteiger partial charge in [-0.2, -0.15) is 0 Å². The van der Waals surface area contributed by atoms with Crippen molar-refractivity contribution >= 4 is 17.7 Å². The predicted octanol–water partition coefficient (Wildman–Crippen LogP) is 1.35. The quantitative estimate of drug-likeness (QED) is 0.463. The Balaban J connectivity index is 1.40. The summed E-state index contributed by atoms with van der Waals surface area (Å²) in [6.45, 7) is 2.16. The zero-order chi connectivity index (χ0) is 29.6. The number of carbonyl (C=O) groups is 3. The molecule has 3 aromatic rings. The highest BCUT2D eigenvalue weighted by atomic mass is 16.6. The molecule has 42 heavy (non-hydrogen) atoms. The minimum atomic E-state index is -0.566. The third-order valence-electron chi connectivity index (χ3n) is 7.28.